The second-order valence-corrected chi connectivity index (χ2v) is 4.22. The Kier molecular flexibility index (Phi) is 3.35. The number of ether oxygens (including phenoxy) is 1. The number of hydrogen-bond acceptors (Lipinski definition) is 2. The largest absolute Gasteiger partial charge is 0.390 e. The Balaban J connectivity index is 2.34. The molecule has 1 aliphatic heterocycles. The molecule has 2 unspecified atom stereocenters. The van der Waals surface area contributed by atoms with Crippen LogP contribution in [0.5, 0.6) is 0 Å². The van der Waals surface area contributed by atoms with Gasteiger partial charge in [0, 0.05) is 12.3 Å². The second-order valence-electron chi connectivity index (χ2n) is 4.22. The molecule has 1 aliphatic rings. The maximum absolute atomic E-state index is 9.84. The Morgan fingerprint density at radius 2 is 2.31 bits per heavy atom. The maximum atomic E-state index is 9.84. The van der Waals surface area contributed by atoms with E-state index in [9.17, 15) is 5.11 Å². The zero-order valence-corrected chi connectivity index (χ0v) is 8.42. The monoisotopic (exact) mass is 182 g/mol. The Morgan fingerprint density at radius 1 is 1.62 bits per heavy atom. The topological polar surface area (TPSA) is 29.5 Å². The summed E-state index contributed by atoms with van der Waals surface area (Å²) in [6.45, 7) is 4.52. The highest BCUT2D eigenvalue weighted by Crippen LogP contribution is 2.32. The Bertz CT molecular complexity index is 203. The highest BCUT2D eigenvalue weighted by atomic mass is 16.5. The Morgan fingerprint density at radius 3 is 2.77 bits per heavy atom. The quantitative estimate of drug-likeness (QED) is 0.530. The molecule has 0 aromatic carbocycles. The molecular weight excluding hydrogens is 164 g/mol. The second kappa shape index (κ2) is 4.13. The zero-order chi connectivity index (χ0) is 9.90. The summed E-state index contributed by atoms with van der Waals surface area (Å²) in [6, 6.07) is 0. The van der Waals surface area contributed by atoms with Crippen molar-refractivity contribution in [3.8, 4) is 12.3 Å². The number of aliphatic hydroxyl groups excluding tert-OH is 1. The standard InChI is InChI=1S/C11H18O2/c1-4-5-6-7-9-8-13-11(2,3)10(9)12/h1,9-10,12H,5-8H2,2-3H3. The molecule has 1 saturated heterocycles. The van der Waals surface area contributed by atoms with Crippen LogP contribution in [0.15, 0.2) is 0 Å². The normalized spacial score (nSPS) is 31.5. The first-order chi connectivity index (χ1) is 6.08. The fraction of sp³-hybridized carbons (Fsp3) is 0.818. The lowest BCUT2D eigenvalue weighted by molar-refractivity contribution is -0.0314. The third-order valence-electron chi connectivity index (χ3n) is 2.72. The average molecular weight is 182 g/mol. The summed E-state index contributed by atoms with van der Waals surface area (Å²) < 4.78 is 5.49. The van der Waals surface area contributed by atoms with Crippen LogP contribution in [0.1, 0.15) is 33.1 Å². The van der Waals surface area contributed by atoms with Crippen LogP contribution >= 0.6 is 0 Å². The molecule has 13 heavy (non-hydrogen) atoms. The molecule has 0 radical (unpaired) electrons. The Labute approximate surface area is 80.3 Å². The third kappa shape index (κ3) is 2.46. The van der Waals surface area contributed by atoms with E-state index in [1.807, 2.05) is 13.8 Å². The van der Waals surface area contributed by atoms with Gasteiger partial charge in [-0.3, -0.25) is 0 Å². The van der Waals surface area contributed by atoms with Gasteiger partial charge < -0.3 is 9.84 Å². The lowest BCUT2D eigenvalue weighted by Gasteiger charge is -2.23. The van der Waals surface area contributed by atoms with E-state index in [4.69, 9.17) is 11.2 Å². The van der Waals surface area contributed by atoms with Crippen LogP contribution in [-0.4, -0.2) is 23.4 Å². The van der Waals surface area contributed by atoms with Gasteiger partial charge in [-0.15, -0.1) is 12.3 Å². The van der Waals surface area contributed by atoms with Crippen molar-refractivity contribution in [3.63, 3.8) is 0 Å². The molecule has 0 spiro atoms. The molecule has 2 heteroatoms. The number of unbranched alkanes of at least 4 members (excludes halogenated alkanes) is 1. The minimum absolute atomic E-state index is 0.267. The molecule has 1 heterocycles. The summed E-state index contributed by atoms with van der Waals surface area (Å²) in [7, 11) is 0. The molecule has 2 nitrogen and oxygen atoms in total. The highest BCUT2D eigenvalue weighted by Gasteiger charge is 2.41. The molecule has 0 aliphatic carbocycles. The summed E-state index contributed by atoms with van der Waals surface area (Å²) in [5.74, 6) is 2.87. The van der Waals surface area contributed by atoms with Gasteiger partial charge in [0.1, 0.15) is 0 Å². The van der Waals surface area contributed by atoms with Gasteiger partial charge in [0.2, 0.25) is 0 Å². The van der Waals surface area contributed by atoms with E-state index in [1.54, 1.807) is 0 Å². The van der Waals surface area contributed by atoms with Gasteiger partial charge in [-0.25, -0.2) is 0 Å². The fourth-order valence-electron chi connectivity index (χ4n) is 1.77. The average Bonchev–Trinajstić information content (AvgIpc) is 2.32. The summed E-state index contributed by atoms with van der Waals surface area (Å²) in [6.07, 6.45) is 7.56. The number of terminal acetylenes is 1. The maximum Gasteiger partial charge on any atom is 0.0888 e. The lowest BCUT2D eigenvalue weighted by Crippen LogP contribution is -2.35. The SMILES string of the molecule is C#CCCCC1COC(C)(C)C1O. The van der Waals surface area contributed by atoms with Crippen LogP contribution in [0, 0.1) is 18.3 Å². The van der Waals surface area contributed by atoms with Crippen molar-refractivity contribution in [2.45, 2.75) is 44.8 Å². The van der Waals surface area contributed by atoms with E-state index in [0.29, 0.717) is 6.61 Å². The predicted octanol–water partition coefficient (Wildman–Crippen LogP) is 1.58. The number of aliphatic hydroxyl groups is 1. The molecule has 0 bridgehead atoms. The first kappa shape index (κ1) is 10.6. The molecule has 2 atom stereocenters. The first-order valence-corrected chi connectivity index (χ1v) is 4.83. The zero-order valence-electron chi connectivity index (χ0n) is 8.42. The van der Waals surface area contributed by atoms with Crippen LogP contribution in [0.4, 0.5) is 0 Å². The molecular formula is C11H18O2. The first-order valence-electron chi connectivity index (χ1n) is 4.83. The van der Waals surface area contributed by atoms with Crippen LogP contribution < -0.4 is 0 Å². The number of hydrogen-bond donors (Lipinski definition) is 1. The summed E-state index contributed by atoms with van der Waals surface area (Å²) >= 11 is 0. The molecule has 1 N–H and O–H groups in total. The van der Waals surface area contributed by atoms with Gasteiger partial charge in [0.25, 0.3) is 0 Å². The predicted molar refractivity (Wildman–Crippen MR) is 52.2 cm³/mol. The van der Waals surface area contributed by atoms with Gasteiger partial charge in [0.05, 0.1) is 18.3 Å². The van der Waals surface area contributed by atoms with E-state index < -0.39 is 0 Å². The number of rotatable bonds is 3. The van der Waals surface area contributed by atoms with Crippen molar-refractivity contribution in [1.29, 1.82) is 0 Å². The molecule has 0 aromatic heterocycles. The van der Waals surface area contributed by atoms with E-state index in [2.05, 4.69) is 5.92 Å². The van der Waals surface area contributed by atoms with Gasteiger partial charge >= 0.3 is 0 Å². The van der Waals surface area contributed by atoms with E-state index >= 15 is 0 Å². The molecule has 0 saturated carbocycles. The molecule has 1 fully saturated rings. The van der Waals surface area contributed by atoms with Crippen molar-refractivity contribution in [2.24, 2.45) is 5.92 Å². The van der Waals surface area contributed by atoms with Crippen LogP contribution in [0.3, 0.4) is 0 Å². The third-order valence-corrected chi connectivity index (χ3v) is 2.72. The lowest BCUT2D eigenvalue weighted by atomic mass is 9.90. The van der Waals surface area contributed by atoms with Gasteiger partial charge in [-0.1, -0.05) is 0 Å². The van der Waals surface area contributed by atoms with E-state index in [1.165, 1.54) is 0 Å². The van der Waals surface area contributed by atoms with Crippen molar-refractivity contribution in [3.05, 3.63) is 0 Å². The fourth-order valence-corrected chi connectivity index (χ4v) is 1.77. The smallest absolute Gasteiger partial charge is 0.0888 e. The molecule has 0 amide bonds. The van der Waals surface area contributed by atoms with Crippen LogP contribution in [0.2, 0.25) is 0 Å². The molecule has 1 rings (SSSR count). The van der Waals surface area contributed by atoms with Crippen LogP contribution in [-0.2, 0) is 4.74 Å². The summed E-state index contributed by atoms with van der Waals surface area (Å²) in [4.78, 5) is 0. The van der Waals surface area contributed by atoms with E-state index in [0.717, 1.165) is 19.3 Å². The van der Waals surface area contributed by atoms with E-state index in [-0.39, 0.29) is 17.6 Å². The summed E-state index contributed by atoms with van der Waals surface area (Å²) in [5.41, 5.74) is -0.374. The van der Waals surface area contributed by atoms with Crippen molar-refractivity contribution >= 4 is 0 Å². The van der Waals surface area contributed by atoms with Crippen molar-refractivity contribution in [2.75, 3.05) is 6.61 Å². The molecule has 74 valence electrons. The van der Waals surface area contributed by atoms with Gasteiger partial charge in [0.15, 0.2) is 0 Å². The van der Waals surface area contributed by atoms with Gasteiger partial charge in [-0.05, 0) is 26.7 Å². The van der Waals surface area contributed by atoms with Crippen LogP contribution in [0.25, 0.3) is 0 Å². The van der Waals surface area contributed by atoms with Crippen molar-refractivity contribution in [1.82, 2.24) is 0 Å². The minimum atomic E-state index is -0.374. The summed E-state index contributed by atoms with van der Waals surface area (Å²) in [5, 5.41) is 9.84. The highest BCUT2D eigenvalue weighted by molar-refractivity contribution is 4.91. The Hall–Kier alpha value is -0.520. The van der Waals surface area contributed by atoms with Crippen molar-refractivity contribution < 1.29 is 9.84 Å². The minimum Gasteiger partial charge on any atom is -0.390 e. The van der Waals surface area contributed by atoms with Gasteiger partial charge in [-0.2, -0.15) is 0 Å². The molecule has 0 aromatic rings.